The van der Waals surface area contributed by atoms with E-state index in [9.17, 15) is 9.59 Å². The molecule has 0 aliphatic carbocycles. The van der Waals surface area contributed by atoms with Gasteiger partial charge in [0.25, 0.3) is 11.5 Å². The van der Waals surface area contributed by atoms with Crippen molar-refractivity contribution in [3.63, 3.8) is 0 Å². The molecule has 1 saturated heterocycles. The second-order valence-electron chi connectivity index (χ2n) is 7.67. The van der Waals surface area contributed by atoms with Gasteiger partial charge in [0.05, 0.1) is 17.9 Å². The number of hydrogen-bond acceptors (Lipinski definition) is 5. The van der Waals surface area contributed by atoms with Crippen LogP contribution in [-0.2, 0) is 7.05 Å². The average molecular weight is 378 g/mol. The molecule has 28 heavy (non-hydrogen) atoms. The maximum atomic E-state index is 12.9. The Morgan fingerprint density at radius 2 is 2.18 bits per heavy atom. The summed E-state index contributed by atoms with van der Waals surface area (Å²) in [5.41, 5.74) is 2.83. The lowest BCUT2D eigenvalue weighted by Crippen LogP contribution is -2.50. The van der Waals surface area contributed by atoms with Crippen LogP contribution in [0.4, 0.5) is 0 Å². The molecule has 144 valence electrons. The largest absolute Gasteiger partial charge is 0.350 e. The molecule has 2 bridgehead atoms. The van der Waals surface area contributed by atoms with Gasteiger partial charge in [-0.3, -0.25) is 9.59 Å². The standard InChI is InChI=1S/C20H22N6O2/c1-25-11-24-18-14(5-6-22-19(18)25)20(28)23-10-16-13-7-12(8-21-9-13)15-3-2-4-17(27)26(15)16/h2-6,11-13,16,21H,7-10H2,1H3,(H,23,28)/t12-,13+,16+/m1/s1. The van der Waals surface area contributed by atoms with E-state index in [4.69, 9.17) is 0 Å². The van der Waals surface area contributed by atoms with Gasteiger partial charge in [0.15, 0.2) is 5.65 Å². The van der Waals surface area contributed by atoms with E-state index < -0.39 is 0 Å². The van der Waals surface area contributed by atoms with Crippen molar-refractivity contribution in [3.05, 3.63) is 58.4 Å². The molecule has 8 heteroatoms. The third-order valence-corrected chi connectivity index (χ3v) is 6.02. The minimum absolute atomic E-state index is 0.00405. The van der Waals surface area contributed by atoms with Crippen molar-refractivity contribution in [2.24, 2.45) is 13.0 Å². The molecule has 3 atom stereocenters. The number of carbonyl (C=O) groups excluding carboxylic acids is 1. The Balaban J connectivity index is 1.44. The average Bonchev–Trinajstić information content (AvgIpc) is 3.09. The summed E-state index contributed by atoms with van der Waals surface area (Å²) >= 11 is 0. The highest BCUT2D eigenvalue weighted by Gasteiger charge is 2.37. The van der Waals surface area contributed by atoms with E-state index in [0.717, 1.165) is 25.2 Å². The number of piperidine rings is 1. The van der Waals surface area contributed by atoms with Crippen LogP contribution in [0.3, 0.4) is 0 Å². The van der Waals surface area contributed by atoms with E-state index in [0.29, 0.717) is 35.1 Å². The van der Waals surface area contributed by atoms with Gasteiger partial charge in [-0.2, -0.15) is 0 Å². The highest BCUT2D eigenvalue weighted by Crippen LogP contribution is 2.38. The van der Waals surface area contributed by atoms with Gasteiger partial charge in [-0.05, 0) is 24.5 Å². The molecule has 0 unspecified atom stereocenters. The fourth-order valence-corrected chi connectivity index (χ4v) is 4.67. The van der Waals surface area contributed by atoms with E-state index >= 15 is 0 Å². The van der Waals surface area contributed by atoms with Gasteiger partial charge in [0.1, 0.15) is 5.52 Å². The molecule has 3 aromatic heterocycles. The van der Waals surface area contributed by atoms with Crippen LogP contribution in [0.25, 0.3) is 11.2 Å². The Morgan fingerprint density at radius 1 is 1.29 bits per heavy atom. The molecule has 5 rings (SSSR count). The van der Waals surface area contributed by atoms with E-state index in [-0.39, 0.29) is 17.5 Å². The van der Waals surface area contributed by atoms with Crippen LogP contribution < -0.4 is 16.2 Å². The number of aryl methyl sites for hydroxylation is 1. The summed E-state index contributed by atoms with van der Waals surface area (Å²) < 4.78 is 3.68. The third kappa shape index (κ3) is 2.63. The Kier molecular flexibility index (Phi) is 4.01. The molecule has 8 nitrogen and oxygen atoms in total. The van der Waals surface area contributed by atoms with E-state index in [2.05, 4.69) is 20.6 Å². The minimum Gasteiger partial charge on any atom is -0.350 e. The second kappa shape index (κ2) is 6.56. The topological polar surface area (TPSA) is 93.8 Å². The summed E-state index contributed by atoms with van der Waals surface area (Å²) in [4.78, 5) is 34.1. The zero-order chi connectivity index (χ0) is 19.3. The number of rotatable bonds is 3. The summed E-state index contributed by atoms with van der Waals surface area (Å²) in [6.07, 6.45) is 4.31. The van der Waals surface area contributed by atoms with Crippen molar-refractivity contribution >= 4 is 17.1 Å². The lowest BCUT2D eigenvalue weighted by molar-refractivity contribution is 0.0933. The lowest BCUT2D eigenvalue weighted by atomic mass is 9.79. The van der Waals surface area contributed by atoms with Crippen LogP contribution >= 0.6 is 0 Å². The van der Waals surface area contributed by atoms with Crippen molar-refractivity contribution in [2.45, 2.75) is 18.4 Å². The molecule has 1 amide bonds. The Labute approximate surface area is 161 Å². The van der Waals surface area contributed by atoms with Gasteiger partial charge in [-0.25, -0.2) is 9.97 Å². The predicted octanol–water partition coefficient (Wildman–Crippen LogP) is 0.808. The molecule has 2 aliphatic heterocycles. The highest BCUT2D eigenvalue weighted by atomic mass is 16.1. The van der Waals surface area contributed by atoms with Crippen LogP contribution in [0.15, 0.2) is 41.6 Å². The number of carbonyl (C=O) groups is 1. The number of nitrogens with one attached hydrogen (secondary N) is 2. The number of amides is 1. The quantitative estimate of drug-likeness (QED) is 0.703. The number of nitrogens with zero attached hydrogens (tertiary/aromatic N) is 4. The van der Waals surface area contributed by atoms with Crippen LogP contribution in [0.2, 0.25) is 0 Å². The Bertz CT molecular complexity index is 1120. The zero-order valence-corrected chi connectivity index (χ0v) is 15.6. The molecule has 0 aromatic carbocycles. The van der Waals surface area contributed by atoms with Gasteiger partial charge in [0, 0.05) is 50.6 Å². The predicted molar refractivity (Wildman–Crippen MR) is 104 cm³/mol. The first kappa shape index (κ1) is 17.1. The van der Waals surface area contributed by atoms with Gasteiger partial charge >= 0.3 is 0 Å². The molecular weight excluding hydrogens is 356 g/mol. The number of pyridine rings is 2. The molecule has 0 saturated carbocycles. The molecule has 1 fully saturated rings. The maximum Gasteiger partial charge on any atom is 0.253 e. The lowest BCUT2D eigenvalue weighted by Gasteiger charge is -2.43. The van der Waals surface area contributed by atoms with Crippen LogP contribution in [0.5, 0.6) is 0 Å². The van der Waals surface area contributed by atoms with Crippen LogP contribution in [-0.4, -0.2) is 44.6 Å². The number of aromatic nitrogens is 4. The smallest absolute Gasteiger partial charge is 0.253 e. The fraction of sp³-hybridized carbons (Fsp3) is 0.400. The summed E-state index contributed by atoms with van der Waals surface area (Å²) in [5, 5.41) is 6.51. The van der Waals surface area contributed by atoms with Gasteiger partial charge in [-0.15, -0.1) is 0 Å². The van der Waals surface area contributed by atoms with E-state index in [1.54, 1.807) is 29.2 Å². The van der Waals surface area contributed by atoms with E-state index in [1.807, 2.05) is 23.7 Å². The summed E-state index contributed by atoms with van der Waals surface area (Å²) in [7, 11) is 1.85. The van der Waals surface area contributed by atoms with Gasteiger partial charge in [0.2, 0.25) is 0 Å². The Hall–Kier alpha value is -3.00. The van der Waals surface area contributed by atoms with Crippen molar-refractivity contribution in [2.75, 3.05) is 19.6 Å². The molecule has 0 radical (unpaired) electrons. The molecule has 5 heterocycles. The van der Waals surface area contributed by atoms with Crippen molar-refractivity contribution in [1.82, 2.24) is 29.7 Å². The first-order chi connectivity index (χ1) is 13.6. The SMILES string of the molecule is Cn1cnc2c(C(=O)NC[C@H]3[C@@H]4CNC[C@@H](C4)c4cccc(=O)n43)ccnc21. The molecule has 2 N–H and O–H groups in total. The first-order valence-electron chi connectivity index (χ1n) is 9.60. The Morgan fingerprint density at radius 3 is 3.07 bits per heavy atom. The molecule has 3 aromatic rings. The monoisotopic (exact) mass is 378 g/mol. The van der Waals surface area contributed by atoms with Crippen LogP contribution in [0, 0.1) is 5.92 Å². The fourth-order valence-electron chi connectivity index (χ4n) is 4.67. The van der Waals surface area contributed by atoms with Gasteiger partial charge in [-0.1, -0.05) is 6.07 Å². The summed E-state index contributed by atoms with van der Waals surface area (Å²) in [5.74, 6) is 0.481. The van der Waals surface area contributed by atoms with Crippen LogP contribution in [0.1, 0.15) is 34.4 Å². The molecular formula is C20H22N6O2. The van der Waals surface area contributed by atoms with Crippen molar-refractivity contribution in [3.8, 4) is 0 Å². The number of hydrogen-bond donors (Lipinski definition) is 2. The maximum absolute atomic E-state index is 12.9. The summed E-state index contributed by atoms with van der Waals surface area (Å²) in [6, 6.07) is 7.09. The zero-order valence-electron chi connectivity index (χ0n) is 15.6. The summed E-state index contributed by atoms with van der Waals surface area (Å²) in [6.45, 7) is 2.16. The molecule has 0 spiro atoms. The minimum atomic E-state index is -0.192. The molecule has 2 aliphatic rings. The van der Waals surface area contributed by atoms with Crippen molar-refractivity contribution < 1.29 is 4.79 Å². The first-order valence-corrected chi connectivity index (χ1v) is 9.60. The second-order valence-corrected chi connectivity index (χ2v) is 7.67. The number of imidazole rings is 1. The van der Waals surface area contributed by atoms with Crippen molar-refractivity contribution in [1.29, 1.82) is 0 Å². The van der Waals surface area contributed by atoms with Gasteiger partial charge < -0.3 is 19.8 Å². The highest BCUT2D eigenvalue weighted by molar-refractivity contribution is 6.03. The third-order valence-electron chi connectivity index (χ3n) is 6.02. The number of fused-ring (bicyclic) bond motifs is 5. The normalized spacial score (nSPS) is 23.4. The van der Waals surface area contributed by atoms with E-state index in [1.165, 1.54) is 0 Å².